The Kier molecular flexibility index (Phi) is 8.61. The van der Waals surface area contributed by atoms with Gasteiger partial charge in [-0.05, 0) is 47.7 Å². The monoisotopic (exact) mass is 556 g/mol. The fourth-order valence-electron chi connectivity index (χ4n) is 3.90. The number of sulfonamides is 1. The summed E-state index contributed by atoms with van der Waals surface area (Å²) in [5.41, 5.74) is 10.1. The van der Waals surface area contributed by atoms with Gasteiger partial charge in [-0.25, -0.2) is 24.2 Å². The van der Waals surface area contributed by atoms with E-state index >= 15 is 0 Å². The minimum atomic E-state index is -3.60. The van der Waals surface area contributed by atoms with Gasteiger partial charge in [0.2, 0.25) is 10.0 Å². The summed E-state index contributed by atoms with van der Waals surface area (Å²) in [7, 11) is -2.19. The van der Waals surface area contributed by atoms with Crippen molar-refractivity contribution in [3.63, 3.8) is 0 Å². The van der Waals surface area contributed by atoms with Gasteiger partial charge in [0.1, 0.15) is 11.9 Å². The molecule has 8 N–H and O–H groups in total. The third-order valence-electron chi connectivity index (χ3n) is 6.07. The molecule has 3 rings (SSSR count). The average Bonchev–Trinajstić information content (AvgIpc) is 3.32. The van der Waals surface area contributed by atoms with E-state index in [2.05, 4.69) is 20.0 Å². The van der Waals surface area contributed by atoms with Gasteiger partial charge in [-0.2, -0.15) is 0 Å². The fourth-order valence-corrected chi connectivity index (χ4v) is 4.45. The lowest BCUT2D eigenvalue weighted by molar-refractivity contribution is -0.388. The highest BCUT2D eigenvalue weighted by Gasteiger charge is 2.23. The van der Waals surface area contributed by atoms with Crippen molar-refractivity contribution in [2.75, 3.05) is 28.4 Å². The fraction of sp³-hybridized carbons (Fsp3) is 0.333. The molecule has 2 aromatic carbocycles. The number of ether oxygens (including phenoxy) is 1. The van der Waals surface area contributed by atoms with E-state index in [9.17, 15) is 13.2 Å². The van der Waals surface area contributed by atoms with Gasteiger partial charge >= 0.3 is 0 Å². The number of aromatic amines is 2. The SMILES string of the molecule is CCc1[nH]c(/C(N)=C/N(N)c2cc(C(=O)Nc3cc(C(C)(C)C)cc(NS(C)(=O)=O)c3OC)ccc2C)c[nH+]1. The highest BCUT2D eigenvalue weighted by molar-refractivity contribution is 7.92. The Morgan fingerprint density at radius 3 is 2.44 bits per heavy atom. The van der Waals surface area contributed by atoms with E-state index in [1.807, 2.05) is 34.6 Å². The van der Waals surface area contributed by atoms with Gasteiger partial charge in [0.25, 0.3) is 11.7 Å². The molecule has 3 aromatic rings. The van der Waals surface area contributed by atoms with Crippen LogP contribution in [0.3, 0.4) is 0 Å². The van der Waals surface area contributed by atoms with Crippen LogP contribution in [0.25, 0.3) is 5.70 Å². The highest BCUT2D eigenvalue weighted by atomic mass is 32.2. The molecule has 0 fully saturated rings. The molecule has 0 aliphatic heterocycles. The van der Waals surface area contributed by atoms with Crippen LogP contribution in [-0.4, -0.2) is 32.7 Å². The minimum absolute atomic E-state index is 0.194. The number of rotatable bonds is 9. The second-order valence-electron chi connectivity index (χ2n) is 10.3. The number of aryl methyl sites for hydroxylation is 2. The second kappa shape index (κ2) is 11.4. The van der Waals surface area contributed by atoms with Crippen molar-refractivity contribution in [3.05, 3.63) is 70.9 Å². The van der Waals surface area contributed by atoms with Gasteiger partial charge in [0.05, 0.1) is 30.4 Å². The van der Waals surface area contributed by atoms with Crippen molar-refractivity contribution >= 4 is 38.7 Å². The van der Waals surface area contributed by atoms with Gasteiger partial charge in [0, 0.05) is 18.2 Å². The quantitative estimate of drug-likeness (QED) is 0.199. The number of methoxy groups -OCH3 is 1. The molecule has 210 valence electrons. The molecule has 0 atom stereocenters. The summed E-state index contributed by atoms with van der Waals surface area (Å²) in [4.78, 5) is 19.7. The number of hydrogen-bond acceptors (Lipinski definition) is 7. The molecular weight excluding hydrogens is 518 g/mol. The molecule has 1 aromatic heterocycles. The topological polar surface area (TPSA) is 170 Å². The average molecular weight is 557 g/mol. The maximum absolute atomic E-state index is 13.4. The first-order valence-corrected chi connectivity index (χ1v) is 14.3. The van der Waals surface area contributed by atoms with E-state index in [1.165, 1.54) is 12.1 Å². The number of imidazole rings is 1. The van der Waals surface area contributed by atoms with E-state index in [0.717, 1.165) is 29.6 Å². The molecule has 0 spiro atoms. The number of carbonyl (C=O) groups excluding carboxylic acids is 1. The molecule has 12 heteroatoms. The van der Waals surface area contributed by atoms with E-state index in [0.29, 0.717) is 28.3 Å². The van der Waals surface area contributed by atoms with Crippen LogP contribution in [0.15, 0.2) is 42.7 Å². The van der Waals surface area contributed by atoms with E-state index in [4.69, 9.17) is 16.3 Å². The van der Waals surface area contributed by atoms with Gasteiger partial charge in [-0.15, -0.1) is 0 Å². The summed E-state index contributed by atoms with van der Waals surface area (Å²) in [5, 5.41) is 4.23. The van der Waals surface area contributed by atoms with E-state index in [-0.39, 0.29) is 16.9 Å². The van der Waals surface area contributed by atoms with E-state index < -0.39 is 15.9 Å². The van der Waals surface area contributed by atoms with Crippen LogP contribution < -0.4 is 36.3 Å². The Morgan fingerprint density at radius 1 is 1.21 bits per heavy atom. The highest BCUT2D eigenvalue weighted by Crippen LogP contribution is 2.39. The summed E-state index contributed by atoms with van der Waals surface area (Å²) in [6.07, 6.45) is 5.19. The number of aromatic nitrogens is 2. The maximum atomic E-state index is 13.4. The molecule has 39 heavy (non-hydrogen) atoms. The zero-order chi connectivity index (χ0) is 29.1. The first kappa shape index (κ1) is 29.5. The van der Waals surface area contributed by atoms with Crippen molar-refractivity contribution in [2.24, 2.45) is 11.6 Å². The zero-order valence-corrected chi connectivity index (χ0v) is 24.2. The first-order valence-electron chi connectivity index (χ1n) is 12.4. The zero-order valence-electron chi connectivity index (χ0n) is 23.4. The number of amides is 1. The van der Waals surface area contributed by atoms with Gasteiger partial charge < -0.3 is 15.8 Å². The smallest absolute Gasteiger partial charge is 0.255 e. The number of nitrogens with one attached hydrogen (secondary N) is 4. The Hall–Kier alpha value is -4.03. The number of benzene rings is 2. The first-order chi connectivity index (χ1) is 18.1. The number of H-pyrrole nitrogens is 2. The lowest BCUT2D eigenvalue weighted by Crippen LogP contribution is -2.27. The normalized spacial score (nSPS) is 12.3. The lowest BCUT2D eigenvalue weighted by atomic mass is 9.86. The molecule has 0 saturated carbocycles. The number of anilines is 3. The maximum Gasteiger partial charge on any atom is 0.255 e. The minimum Gasteiger partial charge on any atom is -0.492 e. The van der Waals surface area contributed by atoms with E-state index in [1.54, 1.807) is 42.7 Å². The molecule has 0 bridgehead atoms. The summed E-state index contributed by atoms with van der Waals surface area (Å²) in [6.45, 7) is 9.84. The van der Waals surface area contributed by atoms with Crippen LogP contribution in [0.2, 0.25) is 0 Å². The summed E-state index contributed by atoms with van der Waals surface area (Å²) in [5.74, 6) is 7.02. The van der Waals surface area contributed by atoms with Crippen molar-refractivity contribution in [3.8, 4) is 5.75 Å². The standard InChI is InChI=1S/C27H37N7O4S/c1-8-24-30-14-22(31-24)19(28)15-34(29)23-11-17(10-9-16(23)2)26(35)32-20-12-18(27(3,4)5)13-21(25(20)38-6)33-39(7,36)37/h9-15,33H,8,28-29H2,1-7H3,(H,30,31)(H,32,35)/p+1/b19-15-. The molecular formula is C27H38N7O4S+. The van der Waals surface area contributed by atoms with Gasteiger partial charge in [-0.1, -0.05) is 33.8 Å². The lowest BCUT2D eigenvalue weighted by Gasteiger charge is -2.24. The van der Waals surface area contributed by atoms with Crippen molar-refractivity contribution in [2.45, 2.75) is 46.5 Å². The molecule has 11 nitrogen and oxygen atoms in total. The van der Waals surface area contributed by atoms with Crippen molar-refractivity contribution in [1.82, 2.24) is 4.98 Å². The van der Waals surface area contributed by atoms with Gasteiger partial charge in [0.15, 0.2) is 11.4 Å². The van der Waals surface area contributed by atoms with Crippen LogP contribution in [0.1, 0.15) is 60.7 Å². The van der Waals surface area contributed by atoms with Gasteiger partial charge in [-0.3, -0.25) is 14.5 Å². The molecule has 1 heterocycles. The van der Waals surface area contributed by atoms with Crippen molar-refractivity contribution in [1.29, 1.82) is 0 Å². The number of carbonyl (C=O) groups is 1. The van der Waals surface area contributed by atoms with Crippen molar-refractivity contribution < 1.29 is 22.9 Å². The number of nitrogens with two attached hydrogens (primary N) is 2. The summed E-state index contributed by atoms with van der Waals surface area (Å²) < 4.78 is 32.0. The predicted octanol–water partition coefficient (Wildman–Crippen LogP) is 3.27. The summed E-state index contributed by atoms with van der Waals surface area (Å²) in [6, 6.07) is 8.59. The molecule has 0 radical (unpaired) electrons. The van der Waals surface area contributed by atoms with Crippen LogP contribution in [-0.2, 0) is 21.9 Å². The predicted molar refractivity (Wildman–Crippen MR) is 155 cm³/mol. The molecule has 0 aliphatic rings. The molecule has 1 amide bonds. The van der Waals surface area contributed by atoms with Crippen LogP contribution >= 0.6 is 0 Å². The number of hydrazine groups is 1. The summed E-state index contributed by atoms with van der Waals surface area (Å²) >= 11 is 0. The Labute approximate surface area is 229 Å². The third-order valence-corrected chi connectivity index (χ3v) is 6.66. The Balaban J connectivity index is 1.97. The van der Waals surface area contributed by atoms with Crippen LogP contribution in [0.4, 0.5) is 17.1 Å². The largest absolute Gasteiger partial charge is 0.492 e. The Morgan fingerprint density at radius 2 is 1.87 bits per heavy atom. The number of hydrogen-bond donors (Lipinski definition) is 5. The number of nitrogens with zero attached hydrogens (tertiary/aromatic N) is 1. The molecule has 0 unspecified atom stereocenters. The van der Waals surface area contributed by atoms with Crippen LogP contribution in [0, 0.1) is 6.92 Å². The molecule has 0 aliphatic carbocycles. The molecule has 0 saturated heterocycles. The van der Waals surface area contributed by atoms with Crippen LogP contribution in [0.5, 0.6) is 5.75 Å². The Bertz CT molecular complexity index is 1500. The second-order valence-corrected chi connectivity index (χ2v) is 12.1. The third kappa shape index (κ3) is 7.30.